The minimum absolute atomic E-state index is 0. The average molecular weight is 428 g/mol. The SMILES string of the molecule is Nc1c(N=Nc2ccc(-c3ccccc3)nc2)cc(S(=O)(=O)O)c2ccccc12.[H-].[Na+]. The van der Waals surface area contributed by atoms with E-state index in [-0.39, 0.29) is 47.3 Å². The Kier molecular flexibility index (Phi) is 6.64. The summed E-state index contributed by atoms with van der Waals surface area (Å²) in [5.41, 5.74) is 8.81. The van der Waals surface area contributed by atoms with Gasteiger partial charge in [0.05, 0.1) is 17.6 Å². The van der Waals surface area contributed by atoms with Crippen molar-refractivity contribution in [3.63, 3.8) is 0 Å². The molecule has 3 N–H and O–H groups in total. The normalized spacial score (nSPS) is 11.5. The summed E-state index contributed by atoms with van der Waals surface area (Å²) in [6.07, 6.45) is 1.56. The van der Waals surface area contributed by atoms with Gasteiger partial charge in [0, 0.05) is 16.3 Å². The van der Waals surface area contributed by atoms with Gasteiger partial charge in [-0.2, -0.15) is 8.42 Å². The van der Waals surface area contributed by atoms with E-state index >= 15 is 0 Å². The van der Waals surface area contributed by atoms with Crippen molar-refractivity contribution in [3.05, 3.63) is 79.0 Å². The van der Waals surface area contributed by atoms with Crippen LogP contribution < -0.4 is 35.3 Å². The first-order valence-electron chi connectivity index (χ1n) is 8.65. The summed E-state index contributed by atoms with van der Waals surface area (Å²) in [7, 11) is -4.46. The van der Waals surface area contributed by atoms with Gasteiger partial charge in [-0.05, 0) is 18.2 Å². The number of anilines is 1. The van der Waals surface area contributed by atoms with Crippen LogP contribution >= 0.6 is 0 Å². The van der Waals surface area contributed by atoms with E-state index in [9.17, 15) is 13.0 Å². The van der Waals surface area contributed by atoms with Crippen molar-refractivity contribution in [3.8, 4) is 11.3 Å². The van der Waals surface area contributed by atoms with Crippen LogP contribution in [0.15, 0.2) is 94.1 Å². The van der Waals surface area contributed by atoms with Crippen LogP contribution in [-0.2, 0) is 10.1 Å². The summed E-state index contributed by atoms with van der Waals surface area (Å²) < 4.78 is 33.2. The fraction of sp³-hybridized carbons (Fsp3) is 0. The number of nitrogens with zero attached hydrogens (tertiary/aromatic N) is 3. The Morgan fingerprint density at radius 1 is 0.900 bits per heavy atom. The molecule has 0 saturated carbocycles. The number of azo groups is 1. The molecular formula is C21H17N4NaO3S. The smallest absolute Gasteiger partial charge is 1.00 e. The standard InChI is InChI=1S/C21H16N4O3S.Na.H/c22-21-17-9-5-4-8-16(17)20(29(26,27)28)12-19(21)25-24-15-10-11-18(23-13-15)14-6-2-1-3-7-14;;/h1-13H,22H2,(H,26,27,28);;/q;+1;-1. The summed E-state index contributed by atoms with van der Waals surface area (Å²) in [6.45, 7) is 0. The molecule has 146 valence electrons. The number of fused-ring (bicyclic) bond motifs is 1. The molecule has 30 heavy (non-hydrogen) atoms. The summed E-state index contributed by atoms with van der Waals surface area (Å²) in [4.78, 5) is 4.10. The summed E-state index contributed by atoms with van der Waals surface area (Å²) in [6, 6.07) is 21.1. The van der Waals surface area contributed by atoms with Crippen LogP contribution in [0.1, 0.15) is 1.43 Å². The minimum atomic E-state index is -4.46. The van der Waals surface area contributed by atoms with E-state index < -0.39 is 10.1 Å². The van der Waals surface area contributed by atoms with Gasteiger partial charge in [0.2, 0.25) is 0 Å². The quantitative estimate of drug-likeness (QED) is 0.224. The zero-order valence-corrected chi connectivity index (χ0v) is 18.9. The Morgan fingerprint density at radius 2 is 1.57 bits per heavy atom. The van der Waals surface area contributed by atoms with E-state index in [1.807, 2.05) is 36.4 Å². The van der Waals surface area contributed by atoms with E-state index in [0.29, 0.717) is 16.5 Å². The van der Waals surface area contributed by atoms with Gasteiger partial charge in [0.25, 0.3) is 10.1 Å². The third-order valence-corrected chi connectivity index (χ3v) is 5.29. The monoisotopic (exact) mass is 428 g/mol. The van der Waals surface area contributed by atoms with Gasteiger partial charge in [0.1, 0.15) is 16.3 Å². The van der Waals surface area contributed by atoms with E-state index in [1.165, 1.54) is 6.07 Å². The van der Waals surface area contributed by atoms with Gasteiger partial charge in [-0.3, -0.25) is 9.54 Å². The molecule has 9 heteroatoms. The molecule has 0 amide bonds. The fourth-order valence-electron chi connectivity index (χ4n) is 2.98. The summed E-state index contributed by atoms with van der Waals surface area (Å²) in [5.74, 6) is 0. The minimum Gasteiger partial charge on any atom is -1.00 e. The Labute approximate surface area is 197 Å². The molecule has 0 atom stereocenters. The molecule has 0 bridgehead atoms. The molecule has 0 spiro atoms. The third-order valence-electron chi connectivity index (χ3n) is 4.39. The number of benzene rings is 3. The van der Waals surface area contributed by atoms with Crippen molar-refractivity contribution >= 4 is 38.0 Å². The van der Waals surface area contributed by atoms with Crippen molar-refractivity contribution < 1.29 is 44.0 Å². The number of pyridine rings is 1. The summed E-state index contributed by atoms with van der Waals surface area (Å²) in [5, 5.41) is 8.98. The molecular weight excluding hydrogens is 411 g/mol. The molecule has 3 aromatic carbocycles. The number of nitrogen functional groups attached to an aromatic ring is 1. The van der Waals surface area contributed by atoms with E-state index in [4.69, 9.17) is 5.73 Å². The first-order chi connectivity index (χ1) is 13.9. The van der Waals surface area contributed by atoms with Gasteiger partial charge in [0.15, 0.2) is 0 Å². The molecule has 7 nitrogen and oxygen atoms in total. The maximum atomic E-state index is 11.8. The molecule has 0 radical (unpaired) electrons. The Hall–Kier alpha value is -2.62. The second kappa shape index (κ2) is 9.03. The Bertz CT molecular complexity index is 1330. The maximum Gasteiger partial charge on any atom is 1.00 e. The number of aromatic nitrogens is 1. The first-order valence-corrected chi connectivity index (χ1v) is 10.1. The van der Waals surface area contributed by atoms with Crippen molar-refractivity contribution in [1.82, 2.24) is 4.98 Å². The van der Waals surface area contributed by atoms with Gasteiger partial charge >= 0.3 is 29.6 Å². The van der Waals surface area contributed by atoms with Crippen LogP contribution in [0.2, 0.25) is 0 Å². The second-order valence-electron chi connectivity index (χ2n) is 6.30. The zero-order valence-electron chi connectivity index (χ0n) is 17.1. The molecule has 0 fully saturated rings. The molecule has 4 aromatic rings. The molecule has 1 aromatic heterocycles. The van der Waals surface area contributed by atoms with E-state index in [2.05, 4.69) is 15.2 Å². The van der Waals surface area contributed by atoms with Crippen LogP contribution in [0, 0.1) is 0 Å². The van der Waals surface area contributed by atoms with Gasteiger partial charge in [-0.1, -0.05) is 54.6 Å². The first kappa shape index (κ1) is 22.1. The van der Waals surface area contributed by atoms with E-state index in [1.54, 1.807) is 36.5 Å². The van der Waals surface area contributed by atoms with Crippen LogP contribution in [-0.4, -0.2) is 18.0 Å². The Balaban J connectivity index is 0.00000171. The van der Waals surface area contributed by atoms with Crippen molar-refractivity contribution in [2.45, 2.75) is 4.90 Å². The molecule has 1 heterocycles. The number of rotatable bonds is 4. The fourth-order valence-corrected chi connectivity index (χ4v) is 3.70. The van der Waals surface area contributed by atoms with Gasteiger partial charge < -0.3 is 7.16 Å². The number of hydrogen-bond acceptors (Lipinski definition) is 6. The molecule has 0 saturated heterocycles. The van der Waals surface area contributed by atoms with Crippen LogP contribution in [0.4, 0.5) is 17.1 Å². The number of nitrogens with two attached hydrogens (primary N) is 1. The number of hydrogen-bond donors (Lipinski definition) is 2. The van der Waals surface area contributed by atoms with Crippen molar-refractivity contribution in [1.29, 1.82) is 0 Å². The largest absolute Gasteiger partial charge is 1.00 e. The molecule has 4 rings (SSSR count). The molecule has 0 aliphatic carbocycles. The van der Waals surface area contributed by atoms with E-state index in [0.717, 1.165) is 11.3 Å². The Morgan fingerprint density at radius 3 is 2.20 bits per heavy atom. The predicted octanol–water partition coefficient (Wildman–Crippen LogP) is 2.26. The van der Waals surface area contributed by atoms with Gasteiger partial charge in [-0.15, -0.1) is 10.2 Å². The maximum absolute atomic E-state index is 11.8. The average Bonchev–Trinajstić information content (AvgIpc) is 2.73. The summed E-state index contributed by atoms with van der Waals surface area (Å²) >= 11 is 0. The predicted molar refractivity (Wildman–Crippen MR) is 113 cm³/mol. The topological polar surface area (TPSA) is 118 Å². The van der Waals surface area contributed by atoms with Gasteiger partial charge in [-0.25, -0.2) is 0 Å². The molecule has 0 unspecified atom stereocenters. The second-order valence-corrected chi connectivity index (χ2v) is 7.69. The van der Waals surface area contributed by atoms with Crippen LogP contribution in [0.5, 0.6) is 0 Å². The van der Waals surface area contributed by atoms with Crippen LogP contribution in [0.25, 0.3) is 22.0 Å². The van der Waals surface area contributed by atoms with Crippen LogP contribution in [0.3, 0.4) is 0 Å². The van der Waals surface area contributed by atoms with Crippen molar-refractivity contribution in [2.75, 3.05) is 5.73 Å². The van der Waals surface area contributed by atoms with Crippen molar-refractivity contribution in [2.24, 2.45) is 10.2 Å². The molecule has 0 aliphatic rings. The zero-order chi connectivity index (χ0) is 20.4. The third kappa shape index (κ3) is 4.58. The molecule has 0 aliphatic heterocycles.